The van der Waals surface area contributed by atoms with Crippen molar-refractivity contribution in [3.05, 3.63) is 30.3 Å². The van der Waals surface area contributed by atoms with E-state index in [2.05, 4.69) is 37.3 Å². The fourth-order valence-corrected chi connectivity index (χ4v) is 4.21. The molecule has 0 atom stereocenters. The second-order valence-electron chi connectivity index (χ2n) is 5.05. The average Bonchev–Trinajstić information content (AvgIpc) is 2.46. The first-order valence-electron chi connectivity index (χ1n) is 7.78. The molecule has 1 aromatic rings. The highest BCUT2D eigenvalue weighted by Crippen LogP contribution is 2.31. The van der Waals surface area contributed by atoms with Crippen molar-refractivity contribution < 1.29 is 0 Å². The van der Waals surface area contributed by atoms with Crippen LogP contribution in [-0.2, 0) is 0 Å². The van der Waals surface area contributed by atoms with Crippen molar-refractivity contribution in [2.75, 3.05) is 5.75 Å². The minimum absolute atomic E-state index is 1.29. The molecular weight excluding hydrogens is 268 g/mol. The fraction of sp³-hybridized carbons (Fsp3) is 0.647. The average molecular weight is 297 g/mol. The first-order chi connectivity index (χ1) is 9.43. The second kappa shape index (κ2) is 12.9. The van der Waals surface area contributed by atoms with Gasteiger partial charge in [-0.15, -0.1) is 0 Å². The van der Waals surface area contributed by atoms with Gasteiger partial charge in [0.1, 0.15) is 0 Å². The summed E-state index contributed by atoms with van der Waals surface area (Å²) >= 11 is 0. The molecule has 0 aliphatic carbocycles. The van der Waals surface area contributed by atoms with Crippen LogP contribution in [0, 0.1) is 0 Å². The molecule has 0 saturated heterocycles. The van der Waals surface area contributed by atoms with Crippen LogP contribution in [0.25, 0.3) is 0 Å². The summed E-state index contributed by atoms with van der Waals surface area (Å²) in [5, 5.41) is 0. The molecule has 0 nitrogen and oxygen atoms in total. The van der Waals surface area contributed by atoms with E-state index in [1.165, 1.54) is 68.4 Å². The van der Waals surface area contributed by atoms with Gasteiger partial charge in [-0.1, -0.05) is 98.1 Å². The molecule has 0 radical (unpaired) electrons. The summed E-state index contributed by atoms with van der Waals surface area (Å²) in [6.45, 7) is 2.28. The van der Waals surface area contributed by atoms with Crippen molar-refractivity contribution in [3.63, 3.8) is 0 Å². The zero-order valence-electron chi connectivity index (χ0n) is 12.3. The SMILES string of the molecule is CCCCCCCCCCCSSc1ccccc1. The predicted octanol–water partition coefficient (Wildman–Crippen LogP) is 6.96. The van der Waals surface area contributed by atoms with E-state index >= 15 is 0 Å². The van der Waals surface area contributed by atoms with Gasteiger partial charge in [-0.3, -0.25) is 0 Å². The molecule has 0 aliphatic heterocycles. The van der Waals surface area contributed by atoms with E-state index < -0.39 is 0 Å². The lowest BCUT2D eigenvalue weighted by molar-refractivity contribution is 0.573. The van der Waals surface area contributed by atoms with Crippen LogP contribution in [0.15, 0.2) is 35.2 Å². The monoisotopic (exact) mass is 296 g/mol. The Morgan fingerprint density at radius 3 is 1.95 bits per heavy atom. The topological polar surface area (TPSA) is 0 Å². The molecule has 2 heteroatoms. The fourth-order valence-electron chi connectivity index (χ4n) is 2.06. The summed E-state index contributed by atoms with van der Waals surface area (Å²) in [4.78, 5) is 1.38. The van der Waals surface area contributed by atoms with Crippen LogP contribution in [0.1, 0.15) is 64.7 Å². The number of unbranched alkanes of at least 4 members (excludes halogenated alkanes) is 8. The molecule has 0 amide bonds. The van der Waals surface area contributed by atoms with E-state index in [4.69, 9.17) is 0 Å². The Morgan fingerprint density at radius 2 is 1.32 bits per heavy atom. The third-order valence-corrected chi connectivity index (χ3v) is 5.70. The Morgan fingerprint density at radius 1 is 0.737 bits per heavy atom. The molecule has 0 unspecified atom stereocenters. The van der Waals surface area contributed by atoms with E-state index in [1.807, 2.05) is 21.6 Å². The molecule has 0 spiro atoms. The molecule has 0 fully saturated rings. The van der Waals surface area contributed by atoms with Gasteiger partial charge in [-0.2, -0.15) is 0 Å². The van der Waals surface area contributed by atoms with Crippen molar-refractivity contribution in [3.8, 4) is 0 Å². The quantitative estimate of drug-likeness (QED) is 0.302. The summed E-state index contributed by atoms with van der Waals surface area (Å²) in [5.41, 5.74) is 0. The zero-order chi connectivity index (χ0) is 13.6. The highest BCUT2D eigenvalue weighted by atomic mass is 33.1. The van der Waals surface area contributed by atoms with Crippen molar-refractivity contribution >= 4 is 21.6 Å². The van der Waals surface area contributed by atoms with Gasteiger partial charge in [0.05, 0.1) is 0 Å². The van der Waals surface area contributed by atoms with Gasteiger partial charge in [0, 0.05) is 10.6 Å². The maximum atomic E-state index is 2.28. The Hall–Kier alpha value is -0.0800. The van der Waals surface area contributed by atoms with Crippen LogP contribution in [0.2, 0.25) is 0 Å². The Bertz CT molecular complexity index is 285. The largest absolute Gasteiger partial charge is 0.0889 e. The maximum Gasteiger partial charge on any atom is 0.0182 e. The molecule has 19 heavy (non-hydrogen) atoms. The van der Waals surface area contributed by atoms with Gasteiger partial charge < -0.3 is 0 Å². The van der Waals surface area contributed by atoms with Gasteiger partial charge in [0.2, 0.25) is 0 Å². The van der Waals surface area contributed by atoms with Crippen LogP contribution in [0.5, 0.6) is 0 Å². The first kappa shape index (κ1) is 17.0. The third-order valence-electron chi connectivity index (χ3n) is 3.23. The van der Waals surface area contributed by atoms with Gasteiger partial charge >= 0.3 is 0 Å². The molecule has 0 heterocycles. The summed E-state index contributed by atoms with van der Waals surface area (Å²) < 4.78 is 0. The summed E-state index contributed by atoms with van der Waals surface area (Å²) in [7, 11) is 3.91. The summed E-state index contributed by atoms with van der Waals surface area (Å²) in [6.07, 6.45) is 12.8. The van der Waals surface area contributed by atoms with Crippen molar-refractivity contribution in [1.29, 1.82) is 0 Å². The minimum atomic E-state index is 1.29. The predicted molar refractivity (Wildman–Crippen MR) is 92.0 cm³/mol. The van der Waals surface area contributed by atoms with Crippen LogP contribution >= 0.6 is 21.6 Å². The normalized spacial score (nSPS) is 10.8. The lowest BCUT2D eigenvalue weighted by Crippen LogP contribution is -1.82. The molecule has 108 valence electrons. The lowest BCUT2D eigenvalue weighted by atomic mass is 10.1. The minimum Gasteiger partial charge on any atom is -0.0889 e. The van der Waals surface area contributed by atoms with Crippen molar-refractivity contribution in [2.24, 2.45) is 0 Å². The summed E-state index contributed by atoms with van der Waals surface area (Å²) in [6, 6.07) is 10.7. The van der Waals surface area contributed by atoms with E-state index in [0.29, 0.717) is 0 Å². The second-order valence-corrected chi connectivity index (χ2v) is 7.54. The highest BCUT2D eigenvalue weighted by Gasteiger charge is 1.95. The van der Waals surface area contributed by atoms with E-state index in [0.717, 1.165) is 0 Å². The van der Waals surface area contributed by atoms with E-state index in [9.17, 15) is 0 Å². The Balaban J connectivity index is 1.79. The van der Waals surface area contributed by atoms with Crippen molar-refractivity contribution in [2.45, 2.75) is 69.6 Å². The molecule has 0 aromatic heterocycles. The van der Waals surface area contributed by atoms with Gasteiger partial charge in [0.25, 0.3) is 0 Å². The molecule has 0 aliphatic rings. The number of hydrogen-bond acceptors (Lipinski definition) is 2. The van der Waals surface area contributed by atoms with Crippen LogP contribution < -0.4 is 0 Å². The zero-order valence-corrected chi connectivity index (χ0v) is 13.9. The number of benzene rings is 1. The molecule has 1 rings (SSSR count). The number of hydrogen-bond donors (Lipinski definition) is 0. The smallest absolute Gasteiger partial charge is 0.0182 e. The standard InChI is InChI=1S/C17H28S2/c1-2-3-4-5-6-7-8-9-13-16-18-19-17-14-11-10-12-15-17/h10-12,14-15H,2-9,13,16H2,1H3. The van der Waals surface area contributed by atoms with Crippen LogP contribution in [0.4, 0.5) is 0 Å². The number of rotatable bonds is 12. The van der Waals surface area contributed by atoms with Gasteiger partial charge in [0.15, 0.2) is 0 Å². The van der Waals surface area contributed by atoms with Crippen molar-refractivity contribution in [1.82, 2.24) is 0 Å². The van der Waals surface area contributed by atoms with Gasteiger partial charge in [-0.25, -0.2) is 0 Å². The first-order valence-corrected chi connectivity index (χ1v) is 10.1. The maximum absolute atomic E-state index is 2.28. The van der Waals surface area contributed by atoms with Crippen LogP contribution in [-0.4, -0.2) is 5.75 Å². The molecular formula is C17H28S2. The third kappa shape index (κ3) is 10.4. The highest BCUT2D eigenvalue weighted by molar-refractivity contribution is 8.76. The lowest BCUT2D eigenvalue weighted by Gasteiger charge is -2.02. The van der Waals surface area contributed by atoms with E-state index in [-0.39, 0.29) is 0 Å². The molecule has 0 bridgehead atoms. The molecule has 1 aromatic carbocycles. The van der Waals surface area contributed by atoms with E-state index in [1.54, 1.807) is 0 Å². The molecule has 0 saturated carbocycles. The molecule has 0 N–H and O–H groups in total. The Labute approximate surface area is 127 Å². The van der Waals surface area contributed by atoms with Gasteiger partial charge in [-0.05, 0) is 18.6 Å². The summed E-state index contributed by atoms with van der Waals surface area (Å²) in [5.74, 6) is 1.29. The Kier molecular flexibility index (Phi) is 11.5. The van der Waals surface area contributed by atoms with Crippen LogP contribution in [0.3, 0.4) is 0 Å².